The predicted molar refractivity (Wildman–Crippen MR) is 57.0 cm³/mol. The number of ketones is 1. The molecule has 0 aromatic heterocycles. The molecule has 0 spiro atoms. The van der Waals surface area contributed by atoms with Crippen LogP contribution in [0.5, 0.6) is 0 Å². The van der Waals surface area contributed by atoms with E-state index < -0.39 is 11.0 Å². The Morgan fingerprint density at radius 3 is 2.36 bits per heavy atom. The van der Waals surface area contributed by atoms with Gasteiger partial charge in [0.05, 0.1) is 0 Å². The first-order chi connectivity index (χ1) is 6.28. The number of aliphatic hydroxyl groups is 1. The van der Waals surface area contributed by atoms with Crippen LogP contribution in [0.15, 0.2) is 0 Å². The quantitative estimate of drug-likeness (QED) is 0.703. The Hall–Kier alpha value is -0.370. The molecule has 0 radical (unpaired) electrons. The molecule has 2 heteroatoms. The van der Waals surface area contributed by atoms with Crippen LogP contribution in [0.1, 0.15) is 53.4 Å². The van der Waals surface area contributed by atoms with Crippen molar-refractivity contribution in [3.05, 3.63) is 0 Å². The summed E-state index contributed by atoms with van der Waals surface area (Å²) in [7, 11) is 0. The Kier molecular flexibility index (Phi) is 3.05. The molecule has 1 rings (SSSR count). The maximum Gasteiger partial charge on any atom is 0.169 e. The molecular formula is C12H22O2. The molecule has 0 amide bonds. The van der Waals surface area contributed by atoms with Crippen LogP contribution in [0.25, 0.3) is 0 Å². The fourth-order valence-electron chi connectivity index (χ4n) is 2.32. The van der Waals surface area contributed by atoms with E-state index in [-0.39, 0.29) is 11.7 Å². The molecule has 14 heavy (non-hydrogen) atoms. The second-order valence-corrected chi connectivity index (χ2v) is 5.65. The summed E-state index contributed by atoms with van der Waals surface area (Å²) in [6, 6.07) is 0. The summed E-state index contributed by atoms with van der Waals surface area (Å²) in [4.78, 5) is 12.1. The minimum absolute atomic E-state index is 0.0113. The summed E-state index contributed by atoms with van der Waals surface area (Å²) >= 11 is 0. The maximum absolute atomic E-state index is 12.1. The van der Waals surface area contributed by atoms with Gasteiger partial charge in [0.25, 0.3) is 0 Å². The van der Waals surface area contributed by atoms with Gasteiger partial charge in [-0.2, -0.15) is 0 Å². The van der Waals surface area contributed by atoms with Crippen LogP contribution in [0.4, 0.5) is 0 Å². The lowest BCUT2D eigenvalue weighted by Gasteiger charge is -2.40. The number of hydrogen-bond acceptors (Lipinski definition) is 2. The number of rotatable bonds is 1. The highest BCUT2D eigenvalue weighted by Crippen LogP contribution is 2.38. The summed E-state index contributed by atoms with van der Waals surface area (Å²) in [5, 5.41) is 10.4. The van der Waals surface area contributed by atoms with Crippen LogP contribution in [0, 0.1) is 11.3 Å². The maximum atomic E-state index is 12.1. The van der Waals surface area contributed by atoms with E-state index in [4.69, 9.17) is 0 Å². The monoisotopic (exact) mass is 198 g/mol. The van der Waals surface area contributed by atoms with Gasteiger partial charge in [0.15, 0.2) is 5.78 Å². The molecule has 82 valence electrons. The zero-order valence-corrected chi connectivity index (χ0v) is 9.76. The first-order valence-electron chi connectivity index (χ1n) is 5.56. The summed E-state index contributed by atoms with van der Waals surface area (Å²) in [5.41, 5.74) is -1.49. The first-order valence-corrected chi connectivity index (χ1v) is 5.56. The summed E-state index contributed by atoms with van der Waals surface area (Å²) in [5.74, 6) is 0.125. The number of carbonyl (C=O) groups is 1. The van der Waals surface area contributed by atoms with E-state index in [1.807, 2.05) is 27.7 Å². The molecule has 2 atom stereocenters. The van der Waals surface area contributed by atoms with E-state index in [2.05, 4.69) is 0 Å². The molecule has 1 N–H and O–H groups in total. The normalized spacial score (nSPS) is 34.2. The number of Topliss-reactive ketones (excluding diaryl/α,β-unsaturated/α-hetero) is 1. The van der Waals surface area contributed by atoms with Gasteiger partial charge in [-0.3, -0.25) is 4.79 Å². The molecule has 1 fully saturated rings. The molecule has 0 saturated heterocycles. The Balaban J connectivity index is 2.87. The molecule has 0 bridgehead atoms. The second-order valence-electron chi connectivity index (χ2n) is 5.65. The van der Waals surface area contributed by atoms with Gasteiger partial charge in [0.1, 0.15) is 5.60 Å². The lowest BCUT2D eigenvalue weighted by molar-refractivity contribution is -0.155. The second kappa shape index (κ2) is 3.65. The van der Waals surface area contributed by atoms with E-state index in [1.54, 1.807) is 0 Å². The zero-order chi connectivity index (χ0) is 11.0. The lowest BCUT2D eigenvalue weighted by Crippen LogP contribution is -2.51. The van der Waals surface area contributed by atoms with Gasteiger partial charge in [-0.25, -0.2) is 0 Å². The third-order valence-corrected chi connectivity index (χ3v) is 3.33. The SMILES string of the molecule is CC1CCCCC1(O)C(=O)C(C)(C)C. The molecule has 1 aliphatic carbocycles. The van der Waals surface area contributed by atoms with Crippen molar-refractivity contribution in [2.75, 3.05) is 0 Å². The van der Waals surface area contributed by atoms with Crippen molar-refractivity contribution in [1.29, 1.82) is 0 Å². The third-order valence-electron chi connectivity index (χ3n) is 3.33. The smallest absolute Gasteiger partial charge is 0.169 e. The van der Waals surface area contributed by atoms with Crippen LogP contribution >= 0.6 is 0 Å². The predicted octanol–water partition coefficient (Wildman–Crippen LogP) is 2.54. The van der Waals surface area contributed by atoms with Gasteiger partial charge in [-0.15, -0.1) is 0 Å². The highest BCUT2D eigenvalue weighted by atomic mass is 16.3. The van der Waals surface area contributed by atoms with Crippen molar-refractivity contribution in [3.8, 4) is 0 Å². The summed E-state index contributed by atoms with van der Waals surface area (Å²) in [6.07, 6.45) is 3.73. The summed E-state index contributed by atoms with van der Waals surface area (Å²) in [6.45, 7) is 7.64. The highest BCUT2D eigenvalue weighted by molar-refractivity contribution is 5.91. The van der Waals surface area contributed by atoms with Crippen LogP contribution in [-0.2, 0) is 4.79 Å². The Morgan fingerprint density at radius 2 is 1.93 bits per heavy atom. The van der Waals surface area contributed by atoms with Crippen molar-refractivity contribution in [2.24, 2.45) is 11.3 Å². The van der Waals surface area contributed by atoms with E-state index >= 15 is 0 Å². The highest BCUT2D eigenvalue weighted by Gasteiger charge is 2.46. The van der Waals surface area contributed by atoms with Gasteiger partial charge in [-0.1, -0.05) is 40.5 Å². The van der Waals surface area contributed by atoms with Crippen molar-refractivity contribution < 1.29 is 9.90 Å². The van der Waals surface area contributed by atoms with Gasteiger partial charge >= 0.3 is 0 Å². The molecule has 0 aromatic carbocycles. The molecule has 0 aliphatic heterocycles. The van der Waals surface area contributed by atoms with Crippen molar-refractivity contribution in [2.45, 2.75) is 59.0 Å². The number of hydrogen-bond donors (Lipinski definition) is 1. The molecule has 2 unspecified atom stereocenters. The minimum atomic E-state index is -1.06. The Morgan fingerprint density at radius 1 is 1.36 bits per heavy atom. The largest absolute Gasteiger partial charge is 0.382 e. The molecule has 1 aliphatic rings. The lowest BCUT2D eigenvalue weighted by atomic mass is 9.68. The van der Waals surface area contributed by atoms with Crippen LogP contribution in [0.3, 0.4) is 0 Å². The molecular weight excluding hydrogens is 176 g/mol. The van der Waals surface area contributed by atoms with Crippen molar-refractivity contribution in [1.82, 2.24) is 0 Å². The topological polar surface area (TPSA) is 37.3 Å². The van der Waals surface area contributed by atoms with Gasteiger partial charge < -0.3 is 5.11 Å². The van der Waals surface area contributed by atoms with E-state index in [9.17, 15) is 9.90 Å². The third kappa shape index (κ3) is 2.00. The fourth-order valence-corrected chi connectivity index (χ4v) is 2.32. The average molecular weight is 198 g/mol. The Labute approximate surface area is 86.7 Å². The molecule has 0 aromatic rings. The molecule has 1 saturated carbocycles. The van der Waals surface area contributed by atoms with Crippen LogP contribution in [0.2, 0.25) is 0 Å². The van der Waals surface area contributed by atoms with Gasteiger partial charge in [0.2, 0.25) is 0 Å². The van der Waals surface area contributed by atoms with Gasteiger partial charge in [-0.05, 0) is 18.8 Å². The standard InChI is InChI=1S/C12H22O2/c1-9-7-5-6-8-12(9,14)10(13)11(2,3)4/h9,14H,5-8H2,1-4H3. The van der Waals surface area contributed by atoms with E-state index in [0.717, 1.165) is 19.3 Å². The van der Waals surface area contributed by atoms with Gasteiger partial charge in [0, 0.05) is 5.41 Å². The minimum Gasteiger partial charge on any atom is -0.382 e. The molecule has 0 heterocycles. The van der Waals surface area contributed by atoms with E-state index in [0.29, 0.717) is 6.42 Å². The zero-order valence-electron chi connectivity index (χ0n) is 9.76. The van der Waals surface area contributed by atoms with Crippen LogP contribution in [-0.4, -0.2) is 16.5 Å². The summed E-state index contributed by atoms with van der Waals surface area (Å²) < 4.78 is 0. The first kappa shape index (κ1) is 11.7. The Bertz CT molecular complexity index is 227. The van der Waals surface area contributed by atoms with Crippen molar-refractivity contribution in [3.63, 3.8) is 0 Å². The molecule has 2 nitrogen and oxygen atoms in total. The average Bonchev–Trinajstić information content (AvgIpc) is 2.07. The fraction of sp³-hybridized carbons (Fsp3) is 0.917. The van der Waals surface area contributed by atoms with Crippen molar-refractivity contribution >= 4 is 5.78 Å². The van der Waals surface area contributed by atoms with Crippen LogP contribution < -0.4 is 0 Å². The van der Waals surface area contributed by atoms with E-state index in [1.165, 1.54) is 0 Å². The number of carbonyl (C=O) groups excluding carboxylic acids is 1.